The molecule has 0 radical (unpaired) electrons. The van der Waals surface area contributed by atoms with Crippen LogP contribution in [0.25, 0.3) is 28.0 Å². The fourth-order valence-corrected chi connectivity index (χ4v) is 5.51. The Hall–Kier alpha value is -5.06. The normalized spacial score (nSPS) is 14.8. The van der Waals surface area contributed by atoms with Crippen LogP contribution in [-0.2, 0) is 4.79 Å². The molecule has 4 heterocycles. The second-order valence-corrected chi connectivity index (χ2v) is 11.5. The first-order chi connectivity index (χ1) is 21.9. The van der Waals surface area contributed by atoms with Crippen molar-refractivity contribution in [3.05, 3.63) is 108 Å². The van der Waals surface area contributed by atoms with Crippen LogP contribution in [0, 0.1) is 0 Å². The van der Waals surface area contributed by atoms with Gasteiger partial charge >= 0.3 is 0 Å². The van der Waals surface area contributed by atoms with Crippen LogP contribution in [0.5, 0.6) is 0 Å². The number of aromatic nitrogens is 4. The van der Waals surface area contributed by atoms with E-state index in [-0.39, 0.29) is 17.9 Å². The van der Waals surface area contributed by atoms with Crippen LogP contribution < -0.4 is 10.6 Å². The first kappa shape index (κ1) is 30.0. The number of hydrogen-bond donors (Lipinski definition) is 2. The zero-order chi connectivity index (χ0) is 31.3. The van der Waals surface area contributed by atoms with Crippen molar-refractivity contribution in [1.29, 1.82) is 0 Å². The van der Waals surface area contributed by atoms with Gasteiger partial charge in [0, 0.05) is 54.8 Å². The number of nitrogens with zero attached hydrogens (tertiary/aromatic N) is 6. The Balaban J connectivity index is 1.14. The van der Waals surface area contributed by atoms with Gasteiger partial charge in [-0.25, -0.2) is 14.5 Å². The zero-order valence-corrected chi connectivity index (χ0v) is 25.8. The highest BCUT2D eigenvalue weighted by molar-refractivity contribution is 6.33. The highest BCUT2D eigenvalue weighted by atomic mass is 35.5. The summed E-state index contributed by atoms with van der Waals surface area (Å²) in [4.78, 5) is 38.5. The molecule has 11 heteroatoms. The number of anilines is 2. The third-order valence-corrected chi connectivity index (χ3v) is 7.79. The van der Waals surface area contributed by atoms with Crippen molar-refractivity contribution in [2.24, 2.45) is 0 Å². The molecule has 5 aromatic rings. The maximum Gasteiger partial charge on any atom is 0.253 e. The molecule has 10 nitrogen and oxygen atoms in total. The van der Waals surface area contributed by atoms with Gasteiger partial charge in [-0.05, 0) is 56.9 Å². The van der Waals surface area contributed by atoms with Crippen LogP contribution in [0.2, 0.25) is 5.02 Å². The molecule has 3 aromatic heterocycles. The van der Waals surface area contributed by atoms with Crippen LogP contribution in [0.3, 0.4) is 0 Å². The quantitative estimate of drug-likeness (QED) is 0.210. The predicted octanol–water partition coefficient (Wildman–Crippen LogP) is 5.49. The van der Waals surface area contributed by atoms with Gasteiger partial charge in [0.1, 0.15) is 5.69 Å². The second-order valence-electron chi connectivity index (χ2n) is 11.1. The van der Waals surface area contributed by atoms with E-state index < -0.39 is 0 Å². The first-order valence-corrected chi connectivity index (χ1v) is 15.1. The van der Waals surface area contributed by atoms with E-state index in [2.05, 4.69) is 15.6 Å². The average Bonchev–Trinajstić information content (AvgIpc) is 3.67. The SMILES string of the molecule is CN(C)C/C=C/C(=O)Nc1ccc(C(=O)N2CCC(Nc3ncc(Cl)c(-c4c(-c5ccccc5)nn5ccccc45)n3)C2)cc1. The fraction of sp³-hybridized carbons (Fsp3) is 0.206. The molecule has 2 aromatic carbocycles. The summed E-state index contributed by atoms with van der Waals surface area (Å²) in [5, 5.41) is 11.5. The number of carbonyl (C=O) groups is 2. The number of rotatable bonds is 9. The lowest BCUT2D eigenvalue weighted by Gasteiger charge is -2.18. The summed E-state index contributed by atoms with van der Waals surface area (Å²) in [6, 6.07) is 22.7. The Bertz CT molecular complexity index is 1850. The van der Waals surface area contributed by atoms with E-state index in [4.69, 9.17) is 21.7 Å². The molecule has 1 aliphatic rings. The number of carbonyl (C=O) groups excluding carboxylic acids is 2. The van der Waals surface area contributed by atoms with Crippen molar-refractivity contribution < 1.29 is 9.59 Å². The topological polar surface area (TPSA) is 108 Å². The Morgan fingerprint density at radius 1 is 1.02 bits per heavy atom. The van der Waals surface area contributed by atoms with Crippen molar-refractivity contribution in [3.8, 4) is 22.5 Å². The molecular weight excluding hydrogens is 588 g/mol. The third kappa shape index (κ3) is 6.87. The van der Waals surface area contributed by atoms with E-state index >= 15 is 0 Å². The molecule has 0 bridgehead atoms. The number of pyridine rings is 1. The number of amides is 2. The lowest BCUT2D eigenvalue weighted by Crippen LogP contribution is -2.31. The molecule has 1 unspecified atom stereocenters. The number of nitrogens with one attached hydrogen (secondary N) is 2. The molecule has 2 amide bonds. The van der Waals surface area contributed by atoms with Gasteiger partial charge in [0.05, 0.1) is 28.0 Å². The standard InChI is InChI=1S/C34H33ClN8O2/c1-41(2)18-8-12-29(44)37-25-15-13-24(14-16-25)33(45)42-20-17-26(22-42)38-34-36-21-27(35)32(39-34)30-28-11-6-7-19-43(28)40-31(30)23-9-4-3-5-10-23/h3-16,19,21,26H,17-18,20,22H2,1-2H3,(H,37,44)(H,36,38,39)/b12-8+. The highest BCUT2D eigenvalue weighted by Crippen LogP contribution is 2.37. The lowest BCUT2D eigenvalue weighted by atomic mass is 10.0. The van der Waals surface area contributed by atoms with Crippen molar-refractivity contribution in [1.82, 2.24) is 29.4 Å². The Labute approximate surface area is 266 Å². The van der Waals surface area contributed by atoms with E-state index in [0.717, 1.165) is 28.8 Å². The van der Waals surface area contributed by atoms with E-state index in [0.29, 0.717) is 47.6 Å². The smallest absolute Gasteiger partial charge is 0.253 e. The minimum absolute atomic E-state index is 0.0343. The molecular formula is C34H33ClN8O2. The first-order valence-electron chi connectivity index (χ1n) is 14.7. The monoisotopic (exact) mass is 620 g/mol. The maximum absolute atomic E-state index is 13.3. The molecule has 0 spiro atoms. The zero-order valence-electron chi connectivity index (χ0n) is 25.0. The van der Waals surface area contributed by atoms with Gasteiger partial charge in [-0.2, -0.15) is 5.10 Å². The second kappa shape index (κ2) is 13.3. The minimum Gasteiger partial charge on any atom is -0.350 e. The number of likely N-dealkylation sites (tertiary alicyclic amines) is 1. The number of halogens is 1. The lowest BCUT2D eigenvalue weighted by molar-refractivity contribution is -0.111. The highest BCUT2D eigenvalue weighted by Gasteiger charge is 2.28. The number of fused-ring (bicyclic) bond motifs is 1. The van der Waals surface area contributed by atoms with Gasteiger partial charge in [0.25, 0.3) is 5.91 Å². The van der Waals surface area contributed by atoms with Crippen molar-refractivity contribution in [2.45, 2.75) is 12.5 Å². The maximum atomic E-state index is 13.3. The van der Waals surface area contributed by atoms with Crippen molar-refractivity contribution >= 4 is 40.6 Å². The summed E-state index contributed by atoms with van der Waals surface area (Å²) in [6.07, 6.45) is 7.54. The summed E-state index contributed by atoms with van der Waals surface area (Å²) >= 11 is 6.70. The minimum atomic E-state index is -0.213. The van der Waals surface area contributed by atoms with Gasteiger partial charge in [0.15, 0.2) is 0 Å². The molecule has 6 rings (SSSR count). The number of hydrogen-bond acceptors (Lipinski definition) is 7. The number of benzene rings is 2. The van der Waals surface area contributed by atoms with E-state index in [1.54, 1.807) is 36.5 Å². The van der Waals surface area contributed by atoms with E-state index in [9.17, 15) is 9.59 Å². The molecule has 1 aliphatic heterocycles. The van der Waals surface area contributed by atoms with Crippen LogP contribution in [0.1, 0.15) is 16.8 Å². The molecule has 1 saturated heterocycles. The predicted molar refractivity (Wildman–Crippen MR) is 177 cm³/mol. The molecule has 1 fully saturated rings. The Kier molecular flexibility index (Phi) is 8.86. The molecule has 0 aliphatic carbocycles. The summed E-state index contributed by atoms with van der Waals surface area (Å²) in [7, 11) is 3.87. The molecule has 45 heavy (non-hydrogen) atoms. The Morgan fingerprint density at radius 3 is 2.58 bits per heavy atom. The number of likely N-dealkylation sites (N-methyl/N-ethyl adjacent to an activating group) is 1. The fourth-order valence-electron chi connectivity index (χ4n) is 5.32. The van der Waals surface area contributed by atoms with Crippen molar-refractivity contribution in [2.75, 3.05) is 44.4 Å². The van der Waals surface area contributed by atoms with Crippen LogP contribution >= 0.6 is 11.6 Å². The van der Waals surface area contributed by atoms with Gasteiger partial charge in [-0.3, -0.25) is 9.59 Å². The molecule has 2 N–H and O–H groups in total. The average molecular weight is 621 g/mol. The molecule has 228 valence electrons. The van der Waals surface area contributed by atoms with Crippen LogP contribution in [-0.4, -0.2) is 81.0 Å². The van der Waals surface area contributed by atoms with Gasteiger partial charge in [-0.1, -0.05) is 54.1 Å². The van der Waals surface area contributed by atoms with Crippen LogP contribution in [0.4, 0.5) is 11.6 Å². The van der Waals surface area contributed by atoms with Gasteiger partial charge in [-0.15, -0.1) is 0 Å². The third-order valence-electron chi connectivity index (χ3n) is 7.52. The summed E-state index contributed by atoms with van der Waals surface area (Å²) in [6.45, 7) is 1.77. The largest absolute Gasteiger partial charge is 0.350 e. The Morgan fingerprint density at radius 2 is 1.80 bits per heavy atom. The summed E-state index contributed by atoms with van der Waals surface area (Å²) < 4.78 is 1.83. The summed E-state index contributed by atoms with van der Waals surface area (Å²) in [5.74, 6) is 0.150. The molecule has 0 saturated carbocycles. The van der Waals surface area contributed by atoms with E-state index in [1.807, 2.05) is 83.1 Å². The summed E-state index contributed by atoms with van der Waals surface area (Å²) in [5.41, 5.74) is 5.21. The van der Waals surface area contributed by atoms with Gasteiger partial charge < -0.3 is 20.4 Å². The van der Waals surface area contributed by atoms with Crippen LogP contribution in [0.15, 0.2) is 97.3 Å². The molecule has 1 atom stereocenters. The van der Waals surface area contributed by atoms with Gasteiger partial charge in [0.2, 0.25) is 11.9 Å². The van der Waals surface area contributed by atoms with Crippen molar-refractivity contribution in [3.63, 3.8) is 0 Å². The van der Waals surface area contributed by atoms with E-state index in [1.165, 1.54) is 6.08 Å².